The Hall–Kier alpha value is -4.93. The number of rotatable bonds is 9. The summed E-state index contributed by atoms with van der Waals surface area (Å²) < 4.78 is 31.5. The average Bonchev–Trinajstić information content (AvgIpc) is 3.57. The first-order chi connectivity index (χ1) is 21.4. The molecule has 3 heterocycles. The maximum atomic E-state index is 13.0. The molecule has 1 saturated heterocycles. The number of H-pyrrole nitrogens is 1. The second kappa shape index (κ2) is 12.0. The third-order valence-corrected chi connectivity index (χ3v) is 8.23. The number of benzene rings is 3. The highest BCUT2D eigenvalue weighted by molar-refractivity contribution is 5.90. The fourth-order valence-corrected chi connectivity index (χ4v) is 6.23. The summed E-state index contributed by atoms with van der Waals surface area (Å²) in [6.45, 7) is 1.69. The van der Waals surface area contributed by atoms with Crippen molar-refractivity contribution in [1.82, 2.24) is 9.55 Å². The first-order valence-corrected chi connectivity index (χ1v) is 14.2. The molecule has 1 fully saturated rings. The molecule has 3 aromatic carbocycles. The van der Waals surface area contributed by atoms with Crippen LogP contribution in [0.15, 0.2) is 118 Å². The molecule has 0 radical (unpaired) electrons. The van der Waals surface area contributed by atoms with Crippen LogP contribution in [0.5, 0.6) is 5.75 Å². The third kappa shape index (κ3) is 5.01. The highest BCUT2D eigenvalue weighted by atomic mass is 16.6. The molecule has 226 valence electrons. The number of nitrogens with one attached hydrogen (secondary N) is 1. The SMILES string of the molecule is COC(=O)C1=C(C)O[C@@H]2[C@H]1[C@@H](COC(c1ccccc1)(c1ccccc1)c1ccc(OC)cc1)O[C@H]2n1ccc(=O)[nH]c1=O. The van der Waals surface area contributed by atoms with Crippen LogP contribution in [0.25, 0.3) is 0 Å². The zero-order valence-corrected chi connectivity index (χ0v) is 24.5. The van der Waals surface area contributed by atoms with Crippen LogP contribution in [-0.4, -0.2) is 48.6 Å². The zero-order valence-electron chi connectivity index (χ0n) is 24.5. The number of carbonyl (C=O) groups excluding carboxylic acids is 1. The summed E-state index contributed by atoms with van der Waals surface area (Å²) in [5, 5.41) is 0. The van der Waals surface area contributed by atoms with Gasteiger partial charge in [0.15, 0.2) is 12.3 Å². The van der Waals surface area contributed by atoms with Gasteiger partial charge in [0.1, 0.15) is 17.1 Å². The van der Waals surface area contributed by atoms with Gasteiger partial charge >= 0.3 is 11.7 Å². The van der Waals surface area contributed by atoms with E-state index in [1.165, 1.54) is 23.9 Å². The van der Waals surface area contributed by atoms with E-state index >= 15 is 0 Å². The van der Waals surface area contributed by atoms with Gasteiger partial charge in [-0.3, -0.25) is 14.3 Å². The molecule has 10 nitrogen and oxygen atoms in total. The van der Waals surface area contributed by atoms with Crippen LogP contribution in [0.4, 0.5) is 0 Å². The highest BCUT2D eigenvalue weighted by Gasteiger charge is 2.56. The number of aromatic amines is 1. The number of nitrogens with zero attached hydrogens (tertiary/aromatic N) is 1. The Bertz CT molecular complexity index is 1740. The lowest BCUT2D eigenvalue weighted by molar-refractivity contribution is -0.137. The van der Waals surface area contributed by atoms with E-state index in [2.05, 4.69) is 4.98 Å². The van der Waals surface area contributed by atoms with Gasteiger partial charge in [0, 0.05) is 12.3 Å². The van der Waals surface area contributed by atoms with Crippen molar-refractivity contribution < 1.29 is 28.5 Å². The Morgan fingerprint density at radius 2 is 1.50 bits per heavy atom. The third-order valence-electron chi connectivity index (χ3n) is 8.23. The molecule has 1 aromatic heterocycles. The Labute approximate surface area is 253 Å². The molecule has 0 unspecified atom stereocenters. The van der Waals surface area contributed by atoms with Crippen LogP contribution in [0.1, 0.15) is 29.8 Å². The molecule has 0 saturated carbocycles. The monoisotopic (exact) mass is 596 g/mol. The summed E-state index contributed by atoms with van der Waals surface area (Å²) in [5.41, 5.74) is 0.638. The molecule has 2 aliphatic heterocycles. The molecule has 4 aromatic rings. The number of hydrogen-bond donors (Lipinski definition) is 1. The van der Waals surface area contributed by atoms with E-state index in [0.717, 1.165) is 16.7 Å². The molecule has 1 N–H and O–H groups in total. The smallest absolute Gasteiger partial charge is 0.337 e. The van der Waals surface area contributed by atoms with E-state index in [1.807, 2.05) is 84.9 Å². The van der Waals surface area contributed by atoms with Gasteiger partial charge in [-0.2, -0.15) is 0 Å². The summed E-state index contributed by atoms with van der Waals surface area (Å²) in [4.78, 5) is 39.9. The maximum absolute atomic E-state index is 13.0. The maximum Gasteiger partial charge on any atom is 0.337 e. The summed E-state index contributed by atoms with van der Waals surface area (Å²) >= 11 is 0. The summed E-state index contributed by atoms with van der Waals surface area (Å²) in [5.74, 6) is -0.0847. The topological polar surface area (TPSA) is 118 Å². The normalized spacial score (nSPS) is 21.1. The number of esters is 1. The van der Waals surface area contributed by atoms with E-state index in [1.54, 1.807) is 14.0 Å². The predicted molar refractivity (Wildman–Crippen MR) is 160 cm³/mol. The van der Waals surface area contributed by atoms with Gasteiger partial charge < -0.3 is 23.7 Å². The molecule has 0 amide bonds. The largest absolute Gasteiger partial charge is 0.497 e. The van der Waals surface area contributed by atoms with E-state index < -0.39 is 47.2 Å². The lowest BCUT2D eigenvalue weighted by atomic mass is 9.80. The van der Waals surface area contributed by atoms with Crippen molar-refractivity contribution in [3.63, 3.8) is 0 Å². The molecule has 6 rings (SSSR count). The van der Waals surface area contributed by atoms with E-state index in [0.29, 0.717) is 17.1 Å². The fraction of sp³-hybridized carbons (Fsp3) is 0.265. The van der Waals surface area contributed by atoms with Crippen LogP contribution in [0, 0.1) is 5.92 Å². The van der Waals surface area contributed by atoms with Gasteiger partial charge in [-0.25, -0.2) is 9.59 Å². The lowest BCUT2D eigenvalue weighted by Gasteiger charge is -2.37. The molecular formula is C34H32N2O8. The number of fused-ring (bicyclic) bond motifs is 1. The summed E-state index contributed by atoms with van der Waals surface area (Å²) in [6.07, 6.45) is -1.07. The van der Waals surface area contributed by atoms with E-state index in [4.69, 9.17) is 23.7 Å². The summed E-state index contributed by atoms with van der Waals surface area (Å²) in [7, 11) is 2.92. The van der Waals surface area contributed by atoms with Crippen molar-refractivity contribution in [2.45, 2.75) is 31.0 Å². The number of ether oxygens (including phenoxy) is 5. The number of carbonyl (C=O) groups is 1. The zero-order chi connectivity index (χ0) is 30.8. The number of methoxy groups -OCH3 is 2. The van der Waals surface area contributed by atoms with Crippen molar-refractivity contribution in [3.05, 3.63) is 146 Å². The minimum absolute atomic E-state index is 0.00270. The van der Waals surface area contributed by atoms with Crippen LogP contribution in [-0.2, 0) is 29.3 Å². The van der Waals surface area contributed by atoms with Gasteiger partial charge in [0.2, 0.25) is 0 Å². The first-order valence-electron chi connectivity index (χ1n) is 14.2. The Morgan fingerprint density at radius 3 is 2.07 bits per heavy atom. The Morgan fingerprint density at radius 1 is 0.886 bits per heavy atom. The number of aromatic nitrogens is 2. The lowest BCUT2D eigenvalue weighted by Crippen LogP contribution is -2.38. The Balaban J connectivity index is 1.46. The molecule has 0 bridgehead atoms. The molecule has 10 heteroatoms. The van der Waals surface area contributed by atoms with Crippen LogP contribution in [0.3, 0.4) is 0 Å². The molecule has 4 atom stereocenters. The first kappa shape index (κ1) is 29.2. The molecule has 44 heavy (non-hydrogen) atoms. The second-order valence-corrected chi connectivity index (χ2v) is 10.6. The predicted octanol–water partition coefficient (Wildman–Crippen LogP) is 3.91. The molecule has 0 aliphatic carbocycles. The Kier molecular flexibility index (Phi) is 7.94. The van der Waals surface area contributed by atoms with Crippen LogP contribution < -0.4 is 16.0 Å². The minimum Gasteiger partial charge on any atom is -0.497 e. The van der Waals surface area contributed by atoms with Gasteiger partial charge in [0.25, 0.3) is 5.56 Å². The van der Waals surface area contributed by atoms with Crippen molar-refractivity contribution in [3.8, 4) is 5.75 Å². The van der Waals surface area contributed by atoms with Gasteiger partial charge in [-0.1, -0.05) is 72.8 Å². The molecular weight excluding hydrogens is 564 g/mol. The van der Waals surface area contributed by atoms with Gasteiger partial charge in [-0.15, -0.1) is 0 Å². The van der Waals surface area contributed by atoms with E-state index in [-0.39, 0.29) is 6.61 Å². The molecule has 0 spiro atoms. The summed E-state index contributed by atoms with van der Waals surface area (Å²) in [6, 6.07) is 28.6. The molecule has 2 aliphatic rings. The van der Waals surface area contributed by atoms with Crippen molar-refractivity contribution in [2.24, 2.45) is 5.92 Å². The standard InChI is InChI=1S/C34H32N2O8/c1-21-28(32(38)41-3)29-26(44-31(30(29)43-21)36-19-18-27(37)35-33(36)39)20-42-34(22-10-6-4-7-11-22,23-12-8-5-9-13-23)24-14-16-25(40-2)17-15-24/h4-19,26,29-31H,20H2,1-3H3,(H,35,37,39)/t26-,29+,30-,31-/m1/s1. The number of hydrogen-bond acceptors (Lipinski definition) is 8. The van der Waals surface area contributed by atoms with Crippen LogP contribution >= 0.6 is 0 Å². The fourth-order valence-electron chi connectivity index (χ4n) is 6.23. The van der Waals surface area contributed by atoms with Gasteiger partial charge in [-0.05, 0) is 35.7 Å². The van der Waals surface area contributed by atoms with Crippen LogP contribution in [0.2, 0.25) is 0 Å². The van der Waals surface area contributed by atoms with Crippen molar-refractivity contribution in [2.75, 3.05) is 20.8 Å². The van der Waals surface area contributed by atoms with Gasteiger partial charge in [0.05, 0.1) is 38.4 Å². The highest BCUT2D eigenvalue weighted by Crippen LogP contribution is 2.48. The number of allylic oxidation sites excluding steroid dienone is 1. The van der Waals surface area contributed by atoms with Crippen molar-refractivity contribution >= 4 is 5.97 Å². The minimum atomic E-state index is -1.09. The van der Waals surface area contributed by atoms with Crippen molar-refractivity contribution in [1.29, 1.82) is 0 Å². The average molecular weight is 597 g/mol. The quantitative estimate of drug-likeness (QED) is 0.228. The van der Waals surface area contributed by atoms with E-state index in [9.17, 15) is 14.4 Å². The second-order valence-electron chi connectivity index (χ2n) is 10.6.